The number of aromatic nitrogens is 2. The van der Waals surface area contributed by atoms with Crippen molar-refractivity contribution in [3.8, 4) is 0 Å². The van der Waals surface area contributed by atoms with Crippen LogP contribution in [0.4, 0.5) is 9.52 Å². The first kappa shape index (κ1) is 24.8. The number of carbonyl (C=O) groups excluding carboxylic acids is 1. The molecule has 0 atom stereocenters. The molecule has 1 aromatic heterocycles. The van der Waals surface area contributed by atoms with Crippen molar-refractivity contribution in [2.75, 3.05) is 25.0 Å². The molecule has 2 aromatic carbocycles. The van der Waals surface area contributed by atoms with E-state index in [1.807, 2.05) is 0 Å². The van der Waals surface area contributed by atoms with Gasteiger partial charge in [0.1, 0.15) is 5.82 Å². The number of piperidine rings is 1. The van der Waals surface area contributed by atoms with E-state index in [9.17, 15) is 17.6 Å². The molecule has 4 rings (SSSR count). The zero-order valence-corrected chi connectivity index (χ0v) is 21.1. The molecule has 0 amide bonds. The molecule has 0 bridgehead atoms. The first-order chi connectivity index (χ1) is 16.3. The van der Waals surface area contributed by atoms with Crippen LogP contribution in [0.25, 0.3) is 0 Å². The van der Waals surface area contributed by atoms with Gasteiger partial charge in [-0.1, -0.05) is 42.2 Å². The molecule has 1 saturated heterocycles. The van der Waals surface area contributed by atoms with Crippen molar-refractivity contribution in [2.45, 2.75) is 34.8 Å². The fourth-order valence-corrected chi connectivity index (χ4v) is 6.68. The standard InChI is InChI=1S/C23H25FN4O3S3/c1-16-10-12-28(13-11-16)34(30,31)20-8-4-18(5-9-20)21(29)14-25-22-26-27-23(33-22)32-15-17-2-6-19(24)7-3-17/h2-9,16H,10-15H2,1H3,(H,25,26). The lowest BCUT2D eigenvalue weighted by molar-refractivity contribution is 0.101. The molecule has 1 aliphatic heterocycles. The molecule has 1 N–H and O–H groups in total. The molecule has 1 aliphatic rings. The molecular formula is C23H25FN4O3S3. The van der Waals surface area contributed by atoms with E-state index in [0.717, 1.165) is 22.7 Å². The number of halogens is 1. The van der Waals surface area contributed by atoms with Crippen LogP contribution in [0, 0.1) is 11.7 Å². The van der Waals surface area contributed by atoms with Crippen LogP contribution in [-0.4, -0.2) is 48.3 Å². The second-order valence-electron chi connectivity index (χ2n) is 8.18. The minimum absolute atomic E-state index is 0.0212. The molecule has 0 unspecified atom stereocenters. The van der Waals surface area contributed by atoms with Gasteiger partial charge in [0.05, 0.1) is 11.4 Å². The third-order valence-electron chi connectivity index (χ3n) is 5.64. The molecule has 7 nitrogen and oxygen atoms in total. The summed E-state index contributed by atoms with van der Waals surface area (Å²) in [5.74, 6) is 0.733. The van der Waals surface area contributed by atoms with Crippen molar-refractivity contribution < 1.29 is 17.6 Å². The summed E-state index contributed by atoms with van der Waals surface area (Å²) in [5, 5.41) is 11.6. The maximum absolute atomic E-state index is 13.0. The molecule has 180 valence electrons. The number of anilines is 1. The first-order valence-electron chi connectivity index (χ1n) is 10.9. The fraction of sp³-hybridized carbons (Fsp3) is 0.348. The second-order valence-corrected chi connectivity index (χ2v) is 12.3. The molecule has 2 heterocycles. The third kappa shape index (κ3) is 6.21. The van der Waals surface area contributed by atoms with Crippen molar-refractivity contribution in [3.05, 3.63) is 65.5 Å². The van der Waals surface area contributed by atoms with Crippen LogP contribution >= 0.6 is 23.1 Å². The highest BCUT2D eigenvalue weighted by Crippen LogP contribution is 2.28. The van der Waals surface area contributed by atoms with Gasteiger partial charge in [-0.15, -0.1) is 10.2 Å². The van der Waals surface area contributed by atoms with Gasteiger partial charge in [0, 0.05) is 24.4 Å². The van der Waals surface area contributed by atoms with E-state index in [2.05, 4.69) is 22.4 Å². The van der Waals surface area contributed by atoms with Crippen LogP contribution in [0.3, 0.4) is 0 Å². The number of sulfonamides is 1. The normalized spacial score (nSPS) is 15.4. The number of carbonyl (C=O) groups is 1. The lowest BCUT2D eigenvalue weighted by Crippen LogP contribution is -2.37. The topological polar surface area (TPSA) is 92.3 Å². The molecular weight excluding hydrogens is 495 g/mol. The van der Waals surface area contributed by atoms with E-state index < -0.39 is 10.0 Å². The van der Waals surface area contributed by atoms with Gasteiger partial charge in [-0.05, 0) is 60.7 Å². The van der Waals surface area contributed by atoms with Gasteiger partial charge < -0.3 is 5.32 Å². The number of nitrogens with one attached hydrogen (secondary N) is 1. The highest BCUT2D eigenvalue weighted by atomic mass is 32.2. The lowest BCUT2D eigenvalue weighted by atomic mass is 10.0. The van der Waals surface area contributed by atoms with E-state index in [1.54, 1.807) is 24.3 Å². The van der Waals surface area contributed by atoms with Crippen LogP contribution in [0.1, 0.15) is 35.7 Å². The monoisotopic (exact) mass is 520 g/mol. The summed E-state index contributed by atoms with van der Waals surface area (Å²) < 4.78 is 40.9. The van der Waals surface area contributed by atoms with E-state index >= 15 is 0 Å². The van der Waals surface area contributed by atoms with Crippen molar-refractivity contribution in [2.24, 2.45) is 5.92 Å². The van der Waals surface area contributed by atoms with Crippen LogP contribution in [0.2, 0.25) is 0 Å². The zero-order chi connectivity index (χ0) is 24.1. The predicted octanol–water partition coefficient (Wildman–Crippen LogP) is 4.68. The average molecular weight is 521 g/mol. The molecule has 0 aliphatic carbocycles. The van der Waals surface area contributed by atoms with E-state index in [-0.39, 0.29) is 23.0 Å². The number of nitrogens with zero attached hydrogens (tertiary/aromatic N) is 3. The van der Waals surface area contributed by atoms with Crippen LogP contribution in [-0.2, 0) is 15.8 Å². The van der Waals surface area contributed by atoms with Gasteiger partial charge in [-0.25, -0.2) is 12.8 Å². The smallest absolute Gasteiger partial charge is 0.243 e. The van der Waals surface area contributed by atoms with Gasteiger partial charge in [-0.2, -0.15) is 4.31 Å². The highest BCUT2D eigenvalue weighted by molar-refractivity contribution is 8.00. The summed E-state index contributed by atoms with van der Waals surface area (Å²) in [6.45, 7) is 3.21. The second kappa shape index (κ2) is 10.9. The van der Waals surface area contributed by atoms with Crippen LogP contribution < -0.4 is 5.32 Å². The Morgan fingerprint density at radius 2 is 1.79 bits per heavy atom. The Labute approximate surface area is 206 Å². The average Bonchev–Trinajstić information content (AvgIpc) is 3.30. The molecule has 0 spiro atoms. The largest absolute Gasteiger partial charge is 0.353 e. The van der Waals surface area contributed by atoms with Crippen molar-refractivity contribution in [1.82, 2.24) is 14.5 Å². The fourth-order valence-electron chi connectivity index (χ4n) is 3.51. The quantitative estimate of drug-likeness (QED) is 0.323. The van der Waals surface area contributed by atoms with Gasteiger partial charge in [0.25, 0.3) is 0 Å². The van der Waals surface area contributed by atoms with Crippen LogP contribution in [0.15, 0.2) is 57.8 Å². The Balaban J connectivity index is 1.29. The number of rotatable bonds is 9. The summed E-state index contributed by atoms with van der Waals surface area (Å²) in [6, 6.07) is 12.4. The van der Waals surface area contributed by atoms with Crippen molar-refractivity contribution in [1.29, 1.82) is 0 Å². The minimum Gasteiger partial charge on any atom is -0.353 e. The predicted molar refractivity (Wildman–Crippen MR) is 132 cm³/mol. The summed E-state index contributed by atoms with van der Waals surface area (Å²) in [6.07, 6.45) is 1.72. The number of benzene rings is 2. The van der Waals surface area contributed by atoms with E-state index in [4.69, 9.17) is 0 Å². The molecule has 3 aromatic rings. The summed E-state index contributed by atoms with van der Waals surface area (Å²) in [7, 11) is -3.54. The Morgan fingerprint density at radius 3 is 2.47 bits per heavy atom. The van der Waals surface area contributed by atoms with Gasteiger partial charge >= 0.3 is 0 Å². The maximum Gasteiger partial charge on any atom is 0.243 e. The lowest BCUT2D eigenvalue weighted by Gasteiger charge is -2.29. The van der Waals surface area contributed by atoms with E-state index in [0.29, 0.717) is 35.5 Å². The minimum atomic E-state index is -3.54. The van der Waals surface area contributed by atoms with Crippen molar-refractivity contribution in [3.63, 3.8) is 0 Å². The van der Waals surface area contributed by atoms with Crippen molar-refractivity contribution >= 4 is 44.0 Å². The summed E-state index contributed by atoms with van der Waals surface area (Å²) in [4.78, 5) is 12.8. The molecule has 1 fully saturated rings. The number of thioether (sulfide) groups is 1. The number of Topliss-reactive ketones (excluding diaryl/α,β-unsaturated/α-hetero) is 1. The Hall–Kier alpha value is -2.34. The zero-order valence-electron chi connectivity index (χ0n) is 18.6. The Kier molecular flexibility index (Phi) is 7.97. The molecule has 34 heavy (non-hydrogen) atoms. The number of hydrogen-bond donors (Lipinski definition) is 1. The number of ketones is 1. The van der Waals surface area contributed by atoms with Gasteiger partial charge in [0.2, 0.25) is 15.2 Å². The van der Waals surface area contributed by atoms with Crippen LogP contribution in [0.5, 0.6) is 0 Å². The highest BCUT2D eigenvalue weighted by Gasteiger charge is 2.28. The van der Waals surface area contributed by atoms with E-state index in [1.165, 1.54) is 51.7 Å². The van der Waals surface area contributed by atoms with Gasteiger partial charge in [0.15, 0.2) is 10.1 Å². The first-order valence-corrected chi connectivity index (χ1v) is 14.1. The summed E-state index contributed by atoms with van der Waals surface area (Å²) in [5.41, 5.74) is 1.40. The molecule has 0 saturated carbocycles. The SMILES string of the molecule is CC1CCN(S(=O)(=O)c2ccc(C(=O)CNc3nnc(SCc4ccc(F)cc4)s3)cc2)CC1. The number of hydrogen-bond acceptors (Lipinski definition) is 8. The molecule has 0 radical (unpaired) electrons. The maximum atomic E-state index is 13.0. The third-order valence-corrected chi connectivity index (χ3v) is 9.64. The Morgan fingerprint density at radius 1 is 1.12 bits per heavy atom. The summed E-state index contributed by atoms with van der Waals surface area (Å²) >= 11 is 2.82. The molecule has 11 heteroatoms. The van der Waals surface area contributed by atoms with Gasteiger partial charge in [-0.3, -0.25) is 4.79 Å². The Bertz CT molecular complexity index is 1220.